The third-order valence-electron chi connectivity index (χ3n) is 4.92. The molecule has 1 amide bonds. The summed E-state index contributed by atoms with van der Waals surface area (Å²) in [5, 5.41) is 7.26. The molecule has 2 aromatic carbocycles. The third-order valence-corrected chi connectivity index (χ3v) is 7.03. The molecule has 1 heterocycles. The van der Waals surface area contributed by atoms with Gasteiger partial charge in [-0.3, -0.25) is 9.48 Å². The molecule has 1 fully saturated rings. The maximum atomic E-state index is 13.3. The van der Waals surface area contributed by atoms with Crippen LogP contribution in [0.2, 0.25) is 5.02 Å². The Morgan fingerprint density at radius 1 is 1.19 bits per heavy atom. The van der Waals surface area contributed by atoms with E-state index in [4.69, 9.17) is 11.6 Å². The van der Waals surface area contributed by atoms with E-state index >= 15 is 0 Å². The maximum Gasteiger partial charge on any atom is 0.436 e. The first-order valence-electron chi connectivity index (χ1n) is 9.88. The summed E-state index contributed by atoms with van der Waals surface area (Å²) in [7, 11) is 0. The number of amides is 1. The summed E-state index contributed by atoms with van der Waals surface area (Å²) in [6.45, 7) is 0.0683. The van der Waals surface area contributed by atoms with Gasteiger partial charge < -0.3 is 5.32 Å². The molecular formula is C22H18BrClF3N3OS. The van der Waals surface area contributed by atoms with Crippen LogP contribution in [-0.4, -0.2) is 15.7 Å². The molecule has 3 aromatic rings. The lowest BCUT2D eigenvalue weighted by Crippen LogP contribution is -2.17. The molecule has 1 N–H and O–H groups in total. The second kappa shape index (κ2) is 9.49. The zero-order valence-electron chi connectivity index (χ0n) is 16.6. The van der Waals surface area contributed by atoms with Crippen LogP contribution in [0.25, 0.3) is 0 Å². The van der Waals surface area contributed by atoms with Crippen LogP contribution in [-0.2, 0) is 17.5 Å². The maximum absolute atomic E-state index is 13.3. The average molecular weight is 545 g/mol. The van der Waals surface area contributed by atoms with Gasteiger partial charge in [-0.1, -0.05) is 35.5 Å². The van der Waals surface area contributed by atoms with Crippen molar-refractivity contribution >= 4 is 50.9 Å². The Morgan fingerprint density at radius 2 is 1.88 bits per heavy atom. The molecule has 4 rings (SSSR count). The lowest BCUT2D eigenvalue weighted by atomic mass is 10.2. The second-order valence-electron chi connectivity index (χ2n) is 7.39. The van der Waals surface area contributed by atoms with E-state index in [2.05, 4.69) is 26.3 Å². The zero-order valence-corrected chi connectivity index (χ0v) is 19.8. The van der Waals surface area contributed by atoms with Crippen LogP contribution < -0.4 is 5.32 Å². The van der Waals surface area contributed by atoms with Crippen LogP contribution in [0.3, 0.4) is 0 Å². The molecule has 0 radical (unpaired) electrons. The summed E-state index contributed by atoms with van der Waals surface area (Å²) in [5.74, 6) is -0.247. The number of benzene rings is 2. The molecule has 1 aliphatic carbocycles. The lowest BCUT2D eigenvalue weighted by molar-refractivity contribution is -0.142. The Labute approximate surface area is 200 Å². The topological polar surface area (TPSA) is 46.9 Å². The van der Waals surface area contributed by atoms with Gasteiger partial charge in [-0.2, -0.15) is 18.3 Å². The molecule has 0 unspecified atom stereocenters. The molecule has 0 bridgehead atoms. The minimum Gasteiger partial charge on any atom is -0.325 e. The number of alkyl halides is 3. The fraction of sp³-hybridized carbons (Fsp3) is 0.273. The first kappa shape index (κ1) is 23.2. The number of aromatic nitrogens is 2. The van der Waals surface area contributed by atoms with Gasteiger partial charge in [-0.15, -0.1) is 0 Å². The van der Waals surface area contributed by atoms with E-state index in [1.54, 1.807) is 18.2 Å². The monoisotopic (exact) mass is 543 g/mol. The Kier molecular flexibility index (Phi) is 6.88. The van der Waals surface area contributed by atoms with Crippen molar-refractivity contribution in [2.75, 3.05) is 5.32 Å². The minimum atomic E-state index is -4.55. The van der Waals surface area contributed by atoms with E-state index in [9.17, 15) is 18.0 Å². The Hall–Kier alpha value is -1.97. The molecule has 1 saturated carbocycles. The van der Waals surface area contributed by atoms with Crippen molar-refractivity contribution in [3.63, 3.8) is 0 Å². The van der Waals surface area contributed by atoms with Crippen molar-refractivity contribution in [2.24, 2.45) is 0 Å². The highest BCUT2D eigenvalue weighted by Crippen LogP contribution is 2.47. The minimum absolute atomic E-state index is 0.00504. The highest BCUT2D eigenvalue weighted by Gasteiger charge is 2.41. The SMILES string of the molecule is O=C(CCn1nc(C(F)(F)F)c(Br)c1C1CC1)Nc1ccccc1Sc1ccc(Cl)cc1. The molecule has 4 nitrogen and oxygen atoms in total. The van der Waals surface area contributed by atoms with Crippen molar-refractivity contribution in [1.29, 1.82) is 0 Å². The molecule has 1 aromatic heterocycles. The van der Waals surface area contributed by atoms with Crippen LogP contribution in [0.1, 0.15) is 36.6 Å². The highest BCUT2D eigenvalue weighted by molar-refractivity contribution is 9.10. The fourth-order valence-electron chi connectivity index (χ4n) is 3.26. The lowest BCUT2D eigenvalue weighted by Gasteiger charge is -2.12. The van der Waals surface area contributed by atoms with Gasteiger partial charge in [0.1, 0.15) is 0 Å². The fourth-order valence-corrected chi connectivity index (χ4v) is 5.12. The summed E-state index contributed by atoms with van der Waals surface area (Å²) in [4.78, 5) is 14.4. The molecule has 0 spiro atoms. The third kappa shape index (κ3) is 5.50. The number of carbonyl (C=O) groups is 1. The molecule has 0 saturated heterocycles. The number of halogens is 5. The Bertz CT molecular complexity index is 1130. The Morgan fingerprint density at radius 3 is 2.53 bits per heavy atom. The van der Waals surface area contributed by atoms with E-state index in [0.29, 0.717) is 16.4 Å². The molecule has 32 heavy (non-hydrogen) atoms. The summed E-state index contributed by atoms with van der Waals surface area (Å²) < 4.78 is 41.1. The zero-order chi connectivity index (χ0) is 22.9. The second-order valence-corrected chi connectivity index (χ2v) is 9.74. The van der Waals surface area contributed by atoms with Crippen molar-refractivity contribution in [2.45, 2.75) is 47.7 Å². The normalized spacial score (nSPS) is 13.9. The predicted octanol–water partition coefficient (Wildman–Crippen LogP) is 7.38. The Balaban J connectivity index is 1.45. The summed E-state index contributed by atoms with van der Waals surface area (Å²) in [5.41, 5.74) is 0.214. The predicted molar refractivity (Wildman–Crippen MR) is 122 cm³/mol. The average Bonchev–Trinajstić information content (AvgIpc) is 3.51. The summed E-state index contributed by atoms with van der Waals surface area (Å²) >= 11 is 10.5. The van der Waals surface area contributed by atoms with Crippen molar-refractivity contribution in [3.05, 3.63) is 69.4 Å². The van der Waals surface area contributed by atoms with E-state index in [1.807, 2.05) is 30.3 Å². The van der Waals surface area contributed by atoms with Gasteiger partial charge in [-0.05, 0) is 65.2 Å². The van der Waals surface area contributed by atoms with Gasteiger partial charge in [0.15, 0.2) is 5.69 Å². The van der Waals surface area contributed by atoms with Gasteiger partial charge in [0.05, 0.1) is 22.4 Å². The van der Waals surface area contributed by atoms with Crippen LogP contribution in [0.15, 0.2) is 62.8 Å². The molecular weight excluding hydrogens is 527 g/mol. The van der Waals surface area contributed by atoms with E-state index in [1.165, 1.54) is 16.4 Å². The number of hydrogen-bond acceptors (Lipinski definition) is 3. The van der Waals surface area contributed by atoms with Crippen LogP contribution in [0.4, 0.5) is 18.9 Å². The quantitative estimate of drug-likeness (QED) is 0.338. The molecule has 168 valence electrons. The van der Waals surface area contributed by atoms with Gasteiger partial charge in [0, 0.05) is 27.2 Å². The van der Waals surface area contributed by atoms with Crippen LogP contribution in [0, 0.1) is 0 Å². The standard InChI is InChI=1S/C22H18BrClF3N3OS/c23-19-20(13-5-6-13)30(29-21(19)22(25,26)27)12-11-18(31)28-16-3-1-2-4-17(16)32-15-9-7-14(24)8-10-15/h1-4,7-10,13H,5-6,11-12H2,(H,28,31). The van der Waals surface area contributed by atoms with Crippen molar-refractivity contribution < 1.29 is 18.0 Å². The van der Waals surface area contributed by atoms with E-state index in [-0.39, 0.29) is 29.3 Å². The van der Waals surface area contributed by atoms with Crippen LogP contribution in [0.5, 0.6) is 0 Å². The van der Waals surface area contributed by atoms with Crippen molar-refractivity contribution in [1.82, 2.24) is 9.78 Å². The summed E-state index contributed by atoms with van der Waals surface area (Å²) in [6, 6.07) is 14.7. The molecule has 0 aliphatic heterocycles. The van der Waals surface area contributed by atoms with E-state index < -0.39 is 11.9 Å². The smallest absolute Gasteiger partial charge is 0.325 e. The molecule has 1 aliphatic rings. The number of carbonyl (C=O) groups excluding carboxylic acids is 1. The number of anilines is 1. The van der Waals surface area contributed by atoms with Crippen LogP contribution >= 0.6 is 39.3 Å². The number of nitrogens with zero attached hydrogens (tertiary/aromatic N) is 2. The number of hydrogen-bond donors (Lipinski definition) is 1. The van der Waals surface area contributed by atoms with Gasteiger partial charge in [0.2, 0.25) is 5.91 Å². The van der Waals surface area contributed by atoms with Gasteiger partial charge in [-0.25, -0.2) is 0 Å². The van der Waals surface area contributed by atoms with Crippen molar-refractivity contribution in [3.8, 4) is 0 Å². The first-order chi connectivity index (χ1) is 15.2. The van der Waals surface area contributed by atoms with Gasteiger partial charge >= 0.3 is 6.18 Å². The summed E-state index contributed by atoms with van der Waals surface area (Å²) in [6.07, 6.45) is -2.90. The molecule has 10 heteroatoms. The number of aryl methyl sites for hydroxylation is 1. The number of nitrogens with one attached hydrogen (secondary N) is 1. The molecule has 0 atom stereocenters. The first-order valence-corrected chi connectivity index (χ1v) is 11.9. The highest BCUT2D eigenvalue weighted by atomic mass is 79.9. The number of rotatable bonds is 7. The number of para-hydroxylation sites is 1. The van der Waals surface area contributed by atoms with Gasteiger partial charge in [0.25, 0.3) is 0 Å². The largest absolute Gasteiger partial charge is 0.436 e. The van der Waals surface area contributed by atoms with E-state index in [0.717, 1.165) is 22.6 Å².